The first-order valence-corrected chi connectivity index (χ1v) is 7.32. The standard InChI is InChI=1S/C13H17N3O2S/c1-9-8-17-10(2)6-16(9)7-12-14-13(15-18-12)11-4-3-5-19-11/h3-5,9-10H,6-8H2,1-2H3/t9-,10+/m0/s1. The summed E-state index contributed by atoms with van der Waals surface area (Å²) in [5.41, 5.74) is 0. The Morgan fingerprint density at radius 1 is 1.47 bits per heavy atom. The summed E-state index contributed by atoms with van der Waals surface area (Å²) in [7, 11) is 0. The molecule has 0 amide bonds. The average molecular weight is 279 g/mol. The van der Waals surface area contributed by atoms with E-state index in [9.17, 15) is 0 Å². The molecule has 5 nitrogen and oxygen atoms in total. The first-order chi connectivity index (χ1) is 9.22. The third-order valence-electron chi connectivity index (χ3n) is 3.28. The zero-order valence-electron chi connectivity index (χ0n) is 11.1. The van der Waals surface area contributed by atoms with E-state index < -0.39 is 0 Å². The van der Waals surface area contributed by atoms with E-state index in [4.69, 9.17) is 9.26 Å². The van der Waals surface area contributed by atoms with Gasteiger partial charge in [0.1, 0.15) is 0 Å². The summed E-state index contributed by atoms with van der Waals surface area (Å²) in [4.78, 5) is 7.82. The molecule has 1 fully saturated rings. The smallest absolute Gasteiger partial charge is 0.241 e. The third kappa shape index (κ3) is 2.86. The first kappa shape index (κ1) is 12.8. The molecule has 2 aromatic heterocycles. The lowest BCUT2D eigenvalue weighted by atomic mass is 10.2. The van der Waals surface area contributed by atoms with Crippen LogP contribution in [0.1, 0.15) is 19.7 Å². The van der Waals surface area contributed by atoms with Crippen LogP contribution in [0.25, 0.3) is 10.7 Å². The fourth-order valence-electron chi connectivity index (χ4n) is 2.19. The van der Waals surface area contributed by atoms with E-state index in [1.807, 2.05) is 17.5 Å². The molecule has 0 spiro atoms. The van der Waals surface area contributed by atoms with E-state index in [0.717, 1.165) is 18.0 Å². The van der Waals surface area contributed by atoms with Crippen molar-refractivity contribution in [2.45, 2.75) is 32.5 Å². The van der Waals surface area contributed by atoms with Crippen molar-refractivity contribution in [2.24, 2.45) is 0 Å². The van der Waals surface area contributed by atoms with Gasteiger partial charge in [0.2, 0.25) is 11.7 Å². The molecule has 0 aliphatic carbocycles. The average Bonchev–Trinajstić information content (AvgIpc) is 3.04. The fraction of sp³-hybridized carbons (Fsp3) is 0.538. The number of aromatic nitrogens is 2. The molecule has 0 aromatic carbocycles. The Morgan fingerprint density at radius 2 is 2.37 bits per heavy atom. The van der Waals surface area contributed by atoms with Crippen LogP contribution in [0.5, 0.6) is 0 Å². The van der Waals surface area contributed by atoms with Gasteiger partial charge < -0.3 is 9.26 Å². The quantitative estimate of drug-likeness (QED) is 0.863. The monoisotopic (exact) mass is 279 g/mol. The first-order valence-electron chi connectivity index (χ1n) is 6.44. The molecule has 102 valence electrons. The molecule has 1 saturated heterocycles. The molecule has 3 heterocycles. The maximum Gasteiger partial charge on any atom is 0.241 e. The molecular weight excluding hydrogens is 262 g/mol. The van der Waals surface area contributed by atoms with Gasteiger partial charge in [0.25, 0.3) is 0 Å². The molecule has 3 rings (SSSR count). The van der Waals surface area contributed by atoms with Crippen molar-refractivity contribution in [2.75, 3.05) is 13.2 Å². The van der Waals surface area contributed by atoms with Gasteiger partial charge in [-0.25, -0.2) is 0 Å². The lowest BCUT2D eigenvalue weighted by Gasteiger charge is -2.35. The molecule has 0 bridgehead atoms. The van der Waals surface area contributed by atoms with Crippen LogP contribution < -0.4 is 0 Å². The van der Waals surface area contributed by atoms with Gasteiger partial charge in [0.15, 0.2) is 0 Å². The van der Waals surface area contributed by atoms with Gasteiger partial charge in [0.05, 0.1) is 24.1 Å². The molecule has 19 heavy (non-hydrogen) atoms. The molecule has 0 unspecified atom stereocenters. The molecule has 6 heteroatoms. The van der Waals surface area contributed by atoms with Crippen LogP contribution in [0.4, 0.5) is 0 Å². The molecule has 0 saturated carbocycles. The van der Waals surface area contributed by atoms with E-state index in [1.54, 1.807) is 11.3 Å². The van der Waals surface area contributed by atoms with Crippen molar-refractivity contribution in [3.63, 3.8) is 0 Å². The van der Waals surface area contributed by atoms with Gasteiger partial charge in [-0.3, -0.25) is 4.90 Å². The number of rotatable bonds is 3. The predicted octanol–water partition coefficient (Wildman–Crippen LogP) is 2.41. The maximum atomic E-state index is 5.62. The summed E-state index contributed by atoms with van der Waals surface area (Å²) in [5, 5.41) is 6.05. The van der Waals surface area contributed by atoms with Crippen LogP contribution in [0.15, 0.2) is 22.0 Å². The van der Waals surface area contributed by atoms with Crippen molar-refractivity contribution < 1.29 is 9.26 Å². The highest BCUT2D eigenvalue weighted by molar-refractivity contribution is 7.13. The maximum absolute atomic E-state index is 5.62. The van der Waals surface area contributed by atoms with Gasteiger partial charge in [-0.15, -0.1) is 11.3 Å². The number of nitrogens with zero attached hydrogens (tertiary/aromatic N) is 3. The fourth-order valence-corrected chi connectivity index (χ4v) is 2.84. The van der Waals surface area contributed by atoms with Crippen LogP contribution >= 0.6 is 11.3 Å². The molecule has 2 atom stereocenters. The van der Waals surface area contributed by atoms with Crippen LogP contribution in [0.2, 0.25) is 0 Å². The highest BCUT2D eigenvalue weighted by atomic mass is 32.1. The summed E-state index contributed by atoms with van der Waals surface area (Å²) in [6.45, 7) is 6.59. The van der Waals surface area contributed by atoms with Crippen molar-refractivity contribution in [3.05, 3.63) is 23.4 Å². The SMILES string of the molecule is C[C@@H]1CN(Cc2nc(-c3cccs3)no2)[C@@H](C)CO1. The highest BCUT2D eigenvalue weighted by Crippen LogP contribution is 2.22. The van der Waals surface area contributed by atoms with Crippen LogP contribution in [-0.4, -0.2) is 40.3 Å². The van der Waals surface area contributed by atoms with Crippen molar-refractivity contribution in [1.82, 2.24) is 15.0 Å². The molecular formula is C13H17N3O2S. The number of hydrogen-bond acceptors (Lipinski definition) is 6. The van der Waals surface area contributed by atoms with Crippen molar-refractivity contribution in [3.8, 4) is 10.7 Å². The van der Waals surface area contributed by atoms with E-state index in [1.165, 1.54) is 0 Å². The van der Waals surface area contributed by atoms with Crippen LogP contribution in [0, 0.1) is 0 Å². The highest BCUT2D eigenvalue weighted by Gasteiger charge is 2.25. The Bertz CT molecular complexity index is 526. The number of ether oxygens (including phenoxy) is 1. The van der Waals surface area contributed by atoms with Gasteiger partial charge in [-0.1, -0.05) is 11.2 Å². The topological polar surface area (TPSA) is 51.4 Å². The lowest BCUT2D eigenvalue weighted by Crippen LogP contribution is -2.46. The molecule has 0 N–H and O–H groups in total. The van der Waals surface area contributed by atoms with E-state index >= 15 is 0 Å². The Morgan fingerprint density at radius 3 is 3.16 bits per heavy atom. The largest absolute Gasteiger partial charge is 0.376 e. The van der Waals surface area contributed by atoms with Crippen molar-refractivity contribution >= 4 is 11.3 Å². The van der Waals surface area contributed by atoms with Gasteiger partial charge >= 0.3 is 0 Å². The summed E-state index contributed by atoms with van der Waals surface area (Å²) in [6, 6.07) is 4.37. The minimum atomic E-state index is 0.260. The summed E-state index contributed by atoms with van der Waals surface area (Å²) >= 11 is 1.62. The second kappa shape index (κ2) is 5.40. The van der Waals surface area contributed by atoms with Gasteiger partial charge in [-0.2, -0.15) is 4.98 Å². The van der Waals surface area contributed by atoms with Crippen molar-refractivity contribution in [1.29, 1.82) is 0 Å². The van der Waals surface area contributed by atoms with E-state index in [-0.39, 0.29) is 6.10 Å². The summed E-state index contributed by atoms with van der Waals surface area (Å²) in [5.74, 6) is 1.35. The summed E-state index contributed by atoms with van der Waals surface area (Å²) in [6.07, 6.45) is 0.260. The normalized spacial score (nSPS) is 24.7. The predicted molar refractivity (Wildman–Crippen MR) is 72.9 cm³/mol. The summed E-state index contributed by atoms with van der Waals surface area (Å²) < 4.78 is 11.0. The van der Waals surface area contributed by atoms with Crippen LogP contribution in [0.3, 0.4) is 0 Å². The molecule has 0 radical (unpaired) electrons. The minimum Gasteiger partial charge on any atom is -0.376 e. The zero-order valence-corrected chi connectivity index (χ0v) is 11.9. The molecule has 2 aromatic rings. The Balaban J connectivity index is 1.70. The second-order valence-electron chi connectivity index (χ2n) is 4.91. The third-order valence-corrected chi connectivity index (χ3v) is 4.15. The number of thiophene rings is 1. The van der Waals surface area contributed by atoms with Gasteiger partial charge in [-0.05, 0) is 25.3 Å². The van der Waals surface area contributed by atoms with E-state index in [2.05, 4.69) is 28.9 Å². The molecule has 1 aliphatic rings. The number of morpholine rings is 1. The minimum absolute atomic E-state index is 0.260. The van der Waals surface area contributed by atoms with Crippen LogP contribution in [-0.2, 0) is 11.3 Å². The Hall–Kier alpha value is -1.24. The van der Waals surface area contributed by atoms with E-state index in [0.29, 0.717) is 24.3 Å². The lowest BCUT2D eigenvalue weighted by molar-refractivity contribution is -0.0555. The Labute approximate surface area is 116 Å². The van der Waals surface area contributed by atoms with Gasteiger partial charge in [0, 0.05) is 12.6 Å². The Kier molecular flexibility index (Phi) is 3.63. The second-order valence-corrected chi connectivity index (χ2v) is 5.86. The molecule has 1 aliphatic heterocycles. The number of hydrogen-bond donors (Lipinski definition) is 0. The zero-order chi connectivity index (χ0) is 13.2.